The van der Waals surface area contributed by atoms with Gasteiger partial charge in [-0.2, -0.15) is 0 Å². The second-order valence-corrected chi connectivity index (χ2v) is 9.28. The SMILES string of the molecule is Cc1ccc(S(=O)(=O)NC2CCCCC2NC(=O)NCCc2ccccc2)cc1. The highest BCUT2D eigenvalue weighted by atomic mass is 32.2. The summed E-state index contributed by atoms with van der Waals surface area (Å²) < 4.78 is 28.3. The summed E-state index contributed by atoms with van der Waals surface area (Å²) in [6.45, 7) is 2.45. The number of amides is 2. The van der Waals surface area contributed by atoms with E-state index in [0.29, 0.717) is 13.0 Å². The highest BCUT2D eigenvalue weighted by Crippen LogP contribution is 2.21. The molecule has 1 saturated carbocycles. The zero-order valence-corrected chi connectivity index (χ0v) is 17.5. The van der Waals surface area contributed by atoms with E-state index in [1.807, 2.05) is 37.3 Å². The van der Waals surface area contributed by atoms with Crippen molar-refractivity contribution in [2.75, 3.05) is 6.54 Å². The number of hydrogen-bond acceptors (Lipinski definition) is 3. The molecular weight excluding hydrogens is 386 g/mol. The lowest BCUT2D eigenvalue weighted by atomic mass is 9.91. The fraction of sp³-hybridized carbons (Fsp3) is 0.409. The van der Waals surface area contributed by atoms with Crippen molar-refractivity contribution >= 4 is 16.1 Å². The molecule has 3 rings (SSSR count). The first-order valence-corrected chi connectivity index (χ1v) is 11.6. The van der Waals surface area contributed by atoms with E-state index in [1.165, 1.54) is 0 Å². The summed E-state index contributed by atoms with van der Waals surface area (Å²) in [6, 6.07) is 16.0. The standard InChI is InChI=1S/C22H29N3O3S/c1-17-11-13-19(14-12-17)29(27,28)25-21-10-6-5-9-20(21)24-22(26)23-16-15-18-7-3-2-4-8-18/h2-4,7-8,11-14,20-21,25H,5-6,9-10,15-16H2,1H3,(H2,23,24,26). The first-order chi connectivity index (χ1) is 13.9. The van der Waals surface area contributed by atoms with Crippen LogP contribution in [-0.2, 0) is 16.4 Å². The molecule has 0 bridgehead atoms. The summed E-state index contributed by atoms with van der Waals surface area (Å²) in [5.41, 5.74) is 2.17. The molecule has 0 radical (unpaired) electrons. The van der Waals surface area contributed by atoms with Gasteiger partial charge in [-0.3, -0.25) is 0 Å². The molecule has 2 amide bonds. The second kappa shape index (κ2) is 9.89. The van der Waals surface area contributed by atoms with Crippen LogP contribution < -0.4 is 15.4 Å². The average Bonchev–Trinajstić information content (AvgIpc) is 2.70. The van der Waals surface area contributed by atoms with Gasteiger partial charge in [0.25, 0.3) is 0 Å². The van der Waals surface area contributed by atoms with Crippen LogP contribution in [0.5, 0.6) is 0 Å². The topological polar surface area (TPSA) is 87.3 Å². The quantitative estimate of drug-likeness (QED) is 0.649. The van der Waals surface area contributed by atoms with Crippen LogP contribution in [0, 0.1) is 6.92 Å². The van der Waals surface area contributed by atoms with Crippen molar-refractivity contribution in [3.63, 3.8) is 0 Å². The molecule has 0 spiro atoms. The Labute approximate surface area is 173 Å². The van der Waals surface area contributed by atoms with Crippen molar-refractivity contribution in [1.29, 1.82) is 0 Å². The van der Waals surface area contributed by atoms with E-state index in [0.717, 1.165) is 36.8 Å². The number of carbonyl (C=O) groups excluding carboxylic acids is 1. The van der Waals surface area contributed by atoms with Gasteiger partial charge in [-0.15, -0.1) is 0 Å². The third-order valence-corrected chi connectivity index (χ3v) is 6.77. The fourth-order valence-corrected chi connectivity index (χ4v) is 4.93. The summed E-state index contributed by atoms with van der Waals surface area (Å²) in [5.74, 6) is 0. The normalized spacial score (nSPS) is 19.5. The molecule has 0 saturated heterocycles. The predicted octanol–water partition coefficient (Wildman–Crippen LogP) is 3.13. The van der Waals surface area contributed by atoms with Crippen LogP contribution in [0.25, 0.3) is 0 Å². The van der Waals surface area contributed by atoms with Crippen LogP contribution in [0.15, 0.2) is 59.5 Å². The van der Waals surface area contributed by atoms with Gasteiger partial charge in [-0.05, 0) is 43.9 Å². The first-order valence-electron chi connectivity index (χ1n) is 10.1. The summed E-state index contributed by atoms with van der Waals surface area (Å²) in [5, 5.41) is 5.83. The molecule has 2 aromatic rings. The lowest BCUT2D eigenvalue weighted by Gasteiger charge is -2.32. The number of sulfonamides is 1. The summed E-state index contributed by atoms with van der Waals surface area (Å²) in [4.78, 5) is 12.6. The fourth-order valence-electron chi connectivity index (χ4n) is 3.61. The third kappa shape index (κ3) is 6.30. The number of nitrogens with one attached hydrogen (secondary N) is 3. The molecule has 156 valence electrons. The predicted molar refractivity (Wildman–Crippen MR) is 114 cm³/mol. The maximum absolute atomic E-state index is 12.7. The van der Waals surface area contributed by atoms with Crippen molar-refractivity contribution in [2.45, 2.75) is 56.0 Å². The van der Waals surface area contributed by atoms with Gasteiger partial charge in [0.2, 0.25) is 10.0 Å². The molecule has 1 aliphatic carbocycles. The average molecular weight is 416 g/mol. The molecule has 2 atom stereocenters. The Hall–Kier alpha value is -2.38. The van der Waals surface area contributed by atoms with Gasteiger partial charge in [0.15, 0.2) is 0 Å². The van der Waals surface area contributed by atoms with Gasteiger partial charge in [-0.1, -0.05) is 60.9 Å². The van der Waals surface area contributed by atoms with Crippen LogP contribution >= 0.6 is 0 Å². The van der Waals surface area contributed by atoms with Gasteiger partial charge in [0, 0.05) is 18.6 Å². The Kier molecular flexibility index (Phi) is 7.28. The molecule has 6 nitrogen and oxygen atoms in total. The lowest BCUT2D eigenvalue weighted by molar-refractivity contribution is 0.227. The first kappa shape index (κ1) is 21.3. The molecule has 2 unspecified atom stereocenters. The zero-order valence-electron chi connectivity index (χ0n) is 16.7. The minimum absolute atomic E-state index is 0.222. The monoisotopic (exact) mass is 415 g/mol. The molecule has 1 aliphatic rings. The Morgan fingerprint density at radius 2 is 1.62 bits per heavy atom. The number of rotatable bonds is 7. The van der Waals surface area contributed by atoms with Crippen molar-refractivity contribution in [3.8, 4) is 0 Å². The number of hydrogen-bond donors (Lipinski definition) is 3. The summed E-state index contributed by atoms with van der Waals surface area (Å²) in [6.07, 6.45) is 4.13. The minimum Gasteiger partial charge on any atom is -0.338 e. The smallest absolute Gasteiger partial charge is 0.315 e. The van der Waals surface area contributed by atoms with Gasteiger partial charge in [-0.25, -0.2) is 17.9 Å². The molecular formula is C22H29N3O3S. The van der Waals surface area contributed by atoms with Gasteiger partial charge >= 0.3 is 6.03 Å². The highest BCUT2D eigenvalue weighted by molar-refractivity contribution is 7.89. The van der Waals surface area contributed by atoms with Crippen molar-refractivity contribution < 1.29 is 13.2 Å². The molecule has 29 heavy (non-hydrogen) atoms. The number of urea groups is 1. The van der Waals surface area contributed by atoms with Gasteiger partial charge in [0.1, 0.15) is 0 Å². The molecule has 0 aromatic heterocycles. The lowest BCUT2D eigenvalue weighted by Crippen LogP contribution is -2.55. The second-order valence-electron chi connectivity index (χ2n) is 7.57. The van der Waals surface area contributed by atoms with E-state index in [1.54, 1.807) is 24.3 Å². The number of carbonyl (C=O) groups is 1. The van der Waals surface area contributed by atoms with E-state index in [9.17, 15) is 13.2 Å². The number of benzene rings is 2. The zero-order chi connectivity index (χ0) is 20.7. The Bertz CT molecular complexity index is 899. The molecule has 3 N–H and O–H groups in total. The van der Waals surface area contributed by atoms with E-state index in [2.05, 4.69) is 15.4 Å². The van der Waals surface area contributed by atoms with Crippen LogP contribution in [-0.4, -0.2) is 33.1 Å². The van der Waals surface area contributed by atoms with Crippen LogP contribution in [0.3, 0.4) is 0 Å². The van der Waals surface area contributed by atoms with Crippen molar-refractivity contribution in [3.05, 3.63) is 65.7 Å². The van der Waals surface area contributed by atoms with Crippen LogP contribution in [0.4, 0.5) is 4.79 Å². The van der Waals surface area contributed by atoms with Crippen LogP contribution in [0.1, 0.15) is 36.8 Å². The largest absolute Gasteiger partial charge is 0.338 e. The maximum atomic E-state index is 12.7. The van der Waals surface area contributed by atoms with E-state index in [4.69, 9.17) is 0 Å². The van der Waals surface area contributed by atoms with E-state index >= 15 is 0 Å². The van der Waals surface area contributed by atoms with Crippen LogP contribution in [0.2, 0.25) is 0 Å². The molecule has 2 aromatic carbocycles. The van der Waals surface area contributed by atoms with E-state index < -0.39 is 10.0 Å². The number of aryl methyl sites for hydroxylation is 1. The Morgan fingerprint density at radius 3 is 2.31 bits per heavy atom. The maximum Gasteiger partial charge on any atom is 0.315 e. The van der Waals surface area contributed by atoms with E-state index in [-0.39, 0.29) is 23.0 Å². The van der Waals surface area contributed by atoms with Crippen molar-refractivity contribution in [1.82, 2.24) is 15.4 Å². The Morgan fingerprint density at radius 1 is 0.966 bits per heavy atom. The van der Waals surface area contributed by atoms with Gasteiger partial charge < -0.3 is 10.6 Å². The third-order valence-electron chi connectivity index (χ3n) is 5.26. The summed E-state index contributed by atoms with van der Waals surface area (Å²) >= 11 is 0. The molecule has 0 heterocycles. The van der Waals surface area contributed by atoms with Gasteiger partial charge in [0.05, 0.1) is 4.90 Å². The summed E-state index contributed by atoms with van der Waals surface area (Å²) in [7, 11) is -3.62. The molecule has 1 fully saturated rings. The highest BCUT2D eigenvalue weighted by Gasteiger charge is 2.30. The minimum atomic E-state index is -3.62. The van der Waals surface area contributed by atoms with Crippen molar-refractivity contribution in [2.24, 2.45) is 0 Å². The molecule has 7 heteroatoms. The molecule has 0 aliphatic heterocycles. The Balaban J connectivity index is 1.54.